The summed E-state index contributed by atoms with van der Waals surface area (Å²) in [7, 11) is 0. The van der Waals surface area contributed by atoms with E-state index in [1.165, 1.54) is 0 Å². The van der Waals surface area contributed by atoms with Gasteiger partial charge >= 0.3 is 17.3 Å². The fourth-order valence-electron chi connectivity index (χ4n) is 4.00. The maximum absolute atomic E-state index is 11.9. The van der Waals surface area contributed by atoms with Crippen LogP contribution in [0.25, 0.3) is 0 Å². The highest BCUT2D eigenvalue weighted by atomic mass is 32.2. The quantitative estimate of drug-likeness (QED) is 0.415. The van der Waals surface area contributed by atoms with Gasteiger partial charge in [-0.2, -0.15) is 4.21 Å². The fourth-order valence-corrected chi connectivity index (χ4v) is 4.44. The van der Waals surface area contributed by atoms with Crippen LogP contribution in [0.5, 0.6) is 0 Å². The van der Waals surface area contributed by atoms with Gasteiger partial charge in [-0.1, -0.05) is 6.58 Å². The molecule has 8 heteroatoms. The van der Waals surface area contributed by atoms with Crippen molar-refractivity contribution in [3.8, 4) is 0 Å². The van der Waals surface area contributed by atoms with E-state index in [9.17, 15) is 13.8 Å². The second kappa shape index (κ2) is 5.75. The molecule has 0 aliphatic heterocycles. The minimum absolute atomic E-state index is 0.189. The third-order valence-electron chi connectivity index (χ3n) is 4.94. The Morgan fingerprint density at radius 2 is 1.82 bits per heavy atom. The van der Waals surface area contributed by atoms with Crippen molar-refractivity contribution in [3.63, 3.8) is 0 Å². The van der Waals surface area contributed by atoms with Crippen molar-refractivity contribution in [3.05, 3.63) is 12.2 Å². The van der Waals surface area contributed by atoms with Gasteiger partial charge in [0.2, 0.25) is 5.91 Å². The zero-order valence-corrected chi connectivity index (χ0v) is 13.0. The van der Waals surface area contributed by atoms with Crippen LogP contribution in [0.3, 0.4) is 0 Å². The first-order valence-electron chi connectivity index (χ1n) is 7.29. The molecule has 3 saturated carbocycles. The highest BCUT2D eigenvalue weighted by Gasteiger charge is 2.67. The fraction of sp³-hybridized carbons (Fsp3) is 0.714. The number of hydrogen-bond donors (Lipinski definition) is 2. The highest BCUT2D eigenvalue weighted by Crippen LogP contribution is 2.66. The molecule has 0 spiro atoms. The average molecular weight is 329 g/mol. The van der Waals surface area contributed by atoms with Gasteiger partial charge in [-0.25, -0.2) is 0 Å². The summed E-state index contributed by atoms with van der Waals surface area (Å²) < 4.78 is 30.4. The van der Waals surface area contributed by atoms with Gasteiger partial charge in [-0.3, -0.25) is 18.3 Å². The summed E-state index contributed by atoms with van der Waals surface area (Å²) in [6.45, 7) is 4.78. The second-order valence-corrected chi connectivity index (χ2v) is 6.95. The molecule has 0 aromatic heterocycles. The van der Waals surface area contributed by atoms with E-state index in [1.54, 1.807) is 6.92 Å². The largest absolute Gasteiger partial charge is 0.458 e. The number of fused-ring (bicyclic) bond motifs is 5. The third-order valence-corrected chi connectivity index (χ3v) is 5.33. The molecule has 0 aromatic rings. The van der Waals surface area contributed by atoms with E-state index < -0.39 is 35.4 Å². The van der Waals surface area contributed by atoms with E-state index in [4.69, 9.17) is 13.5 Å². The summed E-state index contributed by atoms with van der Waals surface area (Å²) in [6.07, 6.45) is 0.917. The Hall–Kier alpha value is -1.25. The van der Waals surface area contributed by atoms with Gasteiger partial charge < -0.3 is 10.1 Å². The van der Waals surface area contributed by atoms with Crippen molar-refractivity contribution in [2.45, 2.75) is 32.0 Å². The number of rotatable bonds is 6. The predicted molar refractivity (Wildman–Crippen MR) is 76.5 cm³/mol. The molecule has 1 amide bonds. The first-order valence-corrected chi connectivity index (χ1v) is 8.33. The van der Waals surface area contributed by atoms with Crippen LogP contribution in [0.4, 0.5) is 0 Å². The van der Waals surface area contributed by atoms with Crippen LogP contribution in [0, 0.1) is 23.7 Å². The van der Waals surface area contributed by atoms with Gasteiger partial charge in [0.05, 0.1) is 0 Å². The molecule has 0 radical (unpaired) electrons. The lowest BCUT2D eigenvalue weighted by atomic mass is 9.95. The van der Waals surface area contributed by atoms with E-state index >= 15 is 0 Å². The Morgan fingerprint density at radius 3 is 2.41 bits per heavy atom. The molecular formula is C14H19NO6S. The molecule has 2 bridgehead atoms. The van der Waals surface area contributed by atoms with Gasteiger partial charge in [0.25, 0.3) is 0 Å². The number of carbonyl (C=O) groups excluding carboxylic acids is 2. The van der Waals surface area contributed by atoms with Crippen LogP contribution in [0.1, 0.15) is 19.8 Å². The van der Waals surface area contributed by atoms with E-state index in [0.29, 0.717) is 17.4 Å². The SMILES string of the molecule is C=C(C)C(=O)NCC(=O)OC1C2CC(C3CC32)C1OS(=O)O. The smallest absolute Gasteiger partial charge is 0.325 e. The summed E-state index contributed by atoms with van der Waals surface area (Å²) in [5.74, 6) is 0.493. The number of ether oxygens (including phenoxy) is 1. The second-order valence-electron chi connectivity index (χ2n) is 6.32. The monoisotopic (exact) mass is 329 g/mol. The molecule has 3 aliphatic rings. The van der Waals surface area contributed by atoms with Crippen molar-refractivity contribution in [2.24, 2.45) is 23.7 Å². The standard InChI is InChI=1S/C14H19NO6S/c1-6(2)14(17)15-5-11(16)20-12-9-4-10(8-3-7(8)9)13(12)21-22(18)19/h7-10,12-13H,1,3-5H2,2H3,(H,15,17)(H,18,19). The minimum Gasteiger partial charge on any atom is -0.458 e. The Labute approximate surface area is 130 Å². The van der Waals surface area contributed by atoms with Gasteiger partial charge in [-0.05, 0) is 37.5 Å². The van der Waals surface area contributed by atoms with Crippen molar-refractivity contribution >= 4 is 23.2 Å². The van der Waals surface area contributed by atoms with Crippen LogP contribution in [0.2, 0.25) is 0 Å². The summed E-state index contributed by atoms with van der Waals surface area (Å²) in [6, 6.07) is 0. The highest BCUT2D eigenvalue weighted by molar-refractivity contribution is 7.74. The molecule has 7 nitrogen and oxygen atoms in total. The van der Waals surface area contributed by atoms with Crippen LogP contribution in [-0.4, -0.2) is 39.4 Å². The molecule has 7 unspecified atom stereocenters. The van der Waals surface area contributed by atoms with Crippen molar-refractivity contribution < 1.29 is 27.3 Å². The van der Waals surface area contributed by atoms with Crippen molar-refractivity contribution in [2.75, 3.05) is 6.54 Å². The Morgan fingerprint density at radius 1 is 1.23 bits per heavy atom. The Bertz CT molecular complexity index is 549. The molecular weight excluding hydrogens is 310 g/mol. The van der Waals surface area contributed by atoms with Crippen LogP contribution in [-0.2, 0) is 29.9 Å². The lowest BCUT2D eigenvalue weighted by molar-refractivity contribution is -0.157. The zero-order chi connectivity index (χ0) is 16.0. The number of hydrogen-bond acceptors (Lipinski definition) is 5. The number of esters is 1. The third kappa shape index (κ3) is 2.82. The van der Waals surface area contributed by atoms with Gasteiger partial charge in [0.15, 0.2) is 0 Å². The number of amides is 1. The normalized spacial score (nSPS) is 39.0. The zero-order valence-electron chi connectivity index (χ0n) is 12.2. The number of carbonyl (C=O) groups is 2. The molecule has 3 fully saturated rings. The van der Waals surface area contributed by atoms with E-state index in [0.717, 1.165) is 12.8 Å². The molecule has 0 heterocycles. The van der Waals surface area contributed by atoms with Gasteiger partial charge in [0, 0.05) is 11.5 Å². The maximum Gasteiger partial charge on any atom is 0.325 e. The first-order chi connectivity index (χ1) is 10.4. The molecule has 2 N–H and O–H groups in total. The van der Waals surface area contributed by atoms with E-state index in [1.807, 2.05) is 0 Å². The van der Waals surface area contributed by atoms with Crippen LogP contribution >= 0.6 is 0 Å². The molecule has 0 saturated heterocycles. The van der Waals surface area contributed by atoms with Gasteiger partial charge in [-0.15, -0.1) is 0 Å². The topological polar surface area (TPSA) is 102 Å². The molecule has 7 atom stereocenters. The van der Waals surface area contributed by atoms with Crippen LogP contribution in [0.15, 0.2) is 12.2 Å². The van der Waals surface area contributed by atoms with E-state index in [-0.39, 0.29) is 18.4 Å². The molecule has 3 rings (SSSR count). The first kappa shape index (κ1) is 15.6. The van der Waals surface area contributed by atoms with Gasteiger partial charge in [0.1, 0.15) is 18.8 Å². The lowest BCUT2D eigenvalue weighted by Gasteiger charge is -2.28. The predicted octanol–water partition coefficient (Wildman–Crippen LogP) is 0.398. The molecule has 22 heavy (non-hydrogen) atoms. The molecule has 122 valence electrons. The lowest BCUT2D eigenvalue weighted by Crippen LogP contribution is -2.42. The number of nitrogens with one attached hydrogen (secondary N) is 1. The van der Waals surface area contributed by atoms with Crippen molar-refractivity contribution in [1.82, 2.24) is 5.32 Å². The summed E-state index contributed by atoms with van der Waals surface area (Å²) >= 11 is -2.38. The Balaban J connectivity index is 1.58. The van der Waals surface area contributed by atoms with Crippen molar-refractivity contribution in [1.29, 1.82) is 0 Å². The average Bonchev–Trinajstić information content (AvgIpc) is 3.07. The molecule has 0 aromatic carbocycles. The summed E-state index contributed by atoms with van der Waals surface area (Å²) in [5.41, 5.74) is 0.311. The maximum atomic E-state index is 11.9. The van der Waals surface area contributed by atoms with E-state index in [2.05, 4.69) is 11.9 Å². The Kier molecular flexibility index (Phi) is 4.09. The molecule has 3 aliphatic carbocycles. The summed E-state index contributed by atoms with van der Waals surface area (Å²) in [5, 5.41) is 2.41. The minimum atomic E-state index is -2.38. The summed E-state index contributed by atoms with van der Waals surface area (Å²) in [4.78, 5) is 23.3. The van der Waals surface area contributed by atoms with Crippen LogP contribution < -0.4 is 5.32 Å².